The summed E-state index contributed by atoms with van der Waals surface area (Å²) in [6, 6.07) is 13.3. The van der Waals surface area contributed by atoms with Crippen LogP contribution in [0.25, 0.3) is 11.0 Å². The van der Waals surface area contributed by atoms with Gasteiger partial charge in [-0.05, 0) is 50.4 Å². The van der Waals surface area contributed by atoms with E-state index >= 15 is 0 Å². The minimum atomic E-state index is -0.294. The molecule has 29 heavy (non-hydrogen) atoms. The molecular formula is C23H25N3O3. The van der Waals surface area contributed by atoms with Crippen LogP contribution in [0.3, 0.4) is 0 Å². The van der Waals surface area contributed by atoms with Crippen LogP contribution in [0.1, 0.15) is 40.1 Å². The Bertz CT molecular complexity index is 1090. The van der Waals surface area contributed by atoms with Crippen LogP contribution in [0.5, 0.6) is 0 Å². The Morgan fingerprint density at radius 1 is 1.17 bits per heavy atom. The van der Waals surface area contributed by atoms with Gasteiger partial charge in [-0.3, -0.25) is 14.5 Å². The number of hydrogen-bond acceptors (Lipinski definition) is 4. The molecule has 150 valence electrons. The molecule has 0 aliphatic carbocycles. The number of primary amides is 1. The predicted octanol–water partition coefficient (Wildman–Crippen LogP) is 3.75. The second-order valence-electron chi connectivity index (χ2n) is 7.65. The summed E-state index contributed by atoms with van der Waals surface area (Å²) in [7, 11) is 0. The molecule has 4 rings (SSSR count). The van der Waals surface area contributed by atoms with Crippen LogP contribution in [0.4, 0.5) is 5.69 Å². The first kappa shape index (κ1) is 19.2. The highest BCUT2D eigenvalue weighted by atomic mass is 16.3. The van der Waals surface area contributed by atoms with Crippen molar-refractivity contribution in [2.24, 2.45) is 5.73 Å². The average Bonchev–Trinajstić information content (AvgIpc) is 3.29. The SMILES string of the molecule is Cc1c(C(=O)Nc2ccccc2CN2CCCC2C(N)=O)oc2c(C)cccc12. The van der Waals surface area contributed by atoms with Gasteiger partial charge in [0.25, 0.3) is 5.91 Å². The lowest BCUT2D eigenvalue weighted by Crippen LogP contribution is -2.39. The number of carbonyl (C=O) groups is 2. The summed E-state index contributed by atoms with van der Waals surface area (Å²) in [5.41, 5.74) is 9.76. The summed E-state index contributed by atoms with van der Waals surface area (Å²) < 4.78 is 5.90. The minimum absolute atomic E-state index is 0.251. The number of amides is 2. The van der Waals surface area contributed by atoms with Crippen molar-refractivity contribution in [2.75, 3.05) is 11.9 Å². The van der Waals surface area contributed by atoms with Crippen LogP contribution in [-0.4, -0.2) is 29.3 Å². The van der Waals surface area contributed by atoms with Gasteiger partial charge in [0.1, 0.15) is 5.58 Å². The predicted molar refractivity (Wildman–Crippen MR) is 113 cm³/mol. The molecule has 1 unspecified atom stereocenters. The lowest BCUT2D eigenvalue weighted by atomic mass is 10.1. The molecule has 0 spiro atoms. The monoisotopic (exact) mass is 391 g/mol. The van der Waals surface area contributed by atoms with E-state index in [1.165, 1.54) is 0 Å². The molecule has 1 aliphatic rings. The molecule has 0 bridgehead atoms. The summed E-state index contributed by atoms with van der Waals surface area (Å²) in [4.78, 5) is 26.8. The number of benzene rings is 2. The number of fused-ring (bicyclic) bond motifs is 1. The lowest BCUT2D eigenvalue weighted by Gasteiger charge is -2.23. The van der Waals surface area contributed by atoms with Gasteiger partial charge in [0.2, 0.25) is 5.91 Å². The lowest BCUT2D eigenvalue weighted by molar-refractivity contribution is -0.122. The largest absolute Gasteiger partial charge is 0.450 e. The van der Waals surface area contributed by atoms with Gasteiger partial charge in [0, 0.05) is 23.2 Å². The molecule has 6 heteroatoms. The number of anilines is 1. The second-order valence-corrected chi connectivity index (χ2v) is 7.65. The fourth-order valence-electron chi connectivity index (χ4n) is 4.12. The van der Waals surface area contributed by atoms with Crippen molar-refractivity contribution in [3.8, 4) is 0 Å². The highest BCUT2D eigenvalue weighted by Crippen LogP contribution is 2.29. The zero-order valence-electron chi connectivity index (χ0n) is 16.7. The smallest absolute Gasteiger partial charge is 0.291 e. The third-order valence-electron chi connectivity index (χ3n) is 5.70. The zero-order chi connectivity index (χ0) is 20.5. The molecule has 3 N–H and O–H groups in total. The van der Waals surface area contributed by atoms with Crippen LogP contribution in [0.2, 0.25) is 0 Å². The maximum absolute atomic E-state index is 13.0. The standard InChI is InChI=1S/C23H25N3O3/c1-14-7-5-9-17-15(2)21(29-20(14)17)23(28)25-18-10-4-3-8-16(18)13-26-12-6-11-19(26)22(24)27/h3-5,7-10,19H,6,11-13H2,1-2H3,(H2,24,27)(H,25,28). The van der Waals surface area contributed by atoms with Crippen LogP contribution >= 0.6 is 0 Å². The van der Waals surface area contributed by atoms with Crippen molar-refractivity contribution in [3.63, 3.8) is 0 Å². The van der Waals surface area contributed by atoms with Gasteiger partial charge in [0.05, 0.1) is 6.04 Å². The van der Waals surface area contributed by atoms with Crippen LogP contribution in [-0.2, 0) is 11.3 Å². The van der Waals surface area contributed by atoms with Gasteiger partial charge in [-0.25, -0.2) is 0 Å². The summed E-state index contributed by atoms with van der Waals surface area (Å²) in [6.45, 7) is 5.24. The van der Waals surface area contributed by atoms with Gasteiger partial charge in [-0.1, -0.05) is 36.4 Å². The van der Waals surface area contributed by atoms with E-state index in [2.05, 4.69) is 10.2 Å². The van der Waals surface area contributed by atoms with Crippen molar-refractivity contribution in [1.82, 2.24) is 4.90 Å². The van der Waals surface area contributed by atoms with Gasteiger partial charge in [-0.2, -0.15) is 0 Å². The highest BCUT2D eigenvalue weighted by molar-refractivity contribution is 6.07. The Hall–Kier alpha value is -3.12. The third kappa shape index (κ3) is 3.63. The molecule has 1 aromatic heterocycles. The van der Waals surface area contributed by atoms with Gasteiger partial charge < -0.3 is 15.5 Å². The Morgan fingerprint density at radius 2 is 1.97 bits per heavy atom. The number of nitrogens with one attached hydrogen (secondary N) is 1. The van der Waals surface area contributed by atoms with Crippen molar-refractivity contribution < 1.29 is 14.0 Å². The number of hydrogen-bond donors (Lipinski definition) is 2. The first-order valence-electron chi connectivity index (χ1n) is 9.87. The number of carbonyl (C=O) groups excluding carboxylic acids is 2. The Morgan fingerprint density at radius 3 is 2.72 bits per heavy atom. The molecule has 2 amide bonds. The number of aryl methyl sites for hydroxylation is 2. The van der Waals surface area contributed by atoms with E-state index in [1.807, 2.05) is 56.3 Å². The Balaban J connectivity index is 1.59. The van der Waals surface area contributed by atoms with Crippen LogP contribution < -0.4 is 11.1 Å². The summed E-state index contributed by atoms with van der Waals surface area (Å²) in [5.74, 6) is -0.254. The van der Waals surface area contributed by atoms with E-state index in [-0.39, 0.29) is 17.9 Å². The van der Waals surface area contributed by atoms with E-state index in [4.69, 9.17) is 10.2 Å². The molecule has 2 aromatic carbocycles. The number of furan rings is 1. The van der Waals surface area contributed by atoms with E-state index in [0.29, 0.717) is 18.0 Å². The highest BCUT2D eigenvalue weighted by Gasteiger charge is 2.29. The number of nitrogens with zero attached hydrogens (tertiary/aromatic N) is 1. The molecule has 6 nitrogen and oxygen atoms in total. The minimum Gasteiger partial charge on any atom is -0.450 e. The number of nitrogens with two attached hydrogens (primary N) is 1. The van der Waals surface area contributed by atoms with Crippen molar-refractivity contribution >= 4 is 28.5 Å². The Labute approximate surface area is 169 Å². The molecule has 3 aromatic rings. The normalized spacial score (nSPS) is 17.0. The van der Waals surface area contributed by atoms with Gasteiger partial charge in [-0.15, -0.1) is 0 Å². The topological polar surface area (TPSA) is 88.6 Å². The third-order valence-corrected chi connectivity index (χ3v) is 5.70. The van der Waals surface area contributed by atoms with E-state index < -0.39 is 0 Å². The molecule has 1 saturated heterocycles. The quantitative estimate of drug-likeness (QED) is 0.693. The first-order valence-corrected chi connectivity index (χ1v) is 9.87. The number of rotatable bonds is 5. The molecule has 2 heterocycles. The van der Waals surface area contributed by atoms with Crippen LogP contribution in [0.15, 0.2) is 46.9 Å². The number of likely N-dealkylation sites (tertiary alicyclic amines) is 1. The fourth-order valence-corrected chi connectivity index (χ4v) is 4.12. The molecule has 0 saturated carbocycles. The van der Waals surface area contributed by atoms with Crippen molar-refractivity contribution in [1.29, 1.82) is 0 Å². The van der Waals surface area contributed by atoms with Crippen molar-refractivity contribution in [2.45, 2.75) is 39.3 Å². The maximum Gasteiger partial charge on any atom is 0.291 e. The molecular weight excluding hydrogens is 366 g/mol. The van der Waals surface area contributed by atoms with Gasteiger partial charge in [0.15, 0.2) is 5.76 Å². The molecule has 1 aliphatic heterocycles. The summed E-state index contributed by atoms with van der Waals surface area (Å²) in [5, 5.41) is 3.94. The summed E-state index contributed by atoms with van der Waals surface area (Å²) in [6.07, 6.45) is 1.72. The van der Waals surface area contributed by atoms with Crippen LogP contribution in [0, 0.1) is 13.8 Å². The van der Waals surface area contributed by atoms with Crippen molar-refractivity contribution in [3.05, 3.63) is 64.9 Å². The second kappa shape index (κ2) is 7.72. The average molecular weight is 391 g/mol. The summed E-state index contributed by atoms with van der Waals surface area (Å²) >= 11 is 0. The Kier molecular flexibility index (Phi) is 5.11. The van der Waals surface area contributed by atoms with E-state index in [9.17, 15) is 9.59 Å². The molecule has 1 fully saturated rings. The zero-order valence-corrected chi connectivity index (χ0v) is 16.7. The fraction of sp³-hybridized carbons (Fsp3) is 0.304. The van der Waals surface area contributed by atoms with E-state index in [1.54, 1.807) is 0 Å². The maximum atomic E-state index is 13.0. The van der Waals surface area contributed by atoms with E-state index in [0.717, 1.165) is 47.0 Å². The molecule has 0 radical (unpaired) electrons. The molecule has 1 atom stereocenters. The first-order chi connectivity index (χ1) is 14.0. The number of para-hydroxylation sites is 2. The van der Waals surface area contributed by atoms with Gasteiger partial charge >= 0.3 is 0 Å².